The molecule has 2 heterocycles. The third-order valence-electron chi connectivity index (χ3n) is 5.93. The van der Waals surface area contributed by atoms with Gasteiger partial charge in [0.2, 0.25) is 17.7 Å². The SMILES string of the molecule is COc1ccc(N2C[C@H](C(=O)N[C@H](C(=O)N3CCC[C@H]3C(=O)O)C(C)C)CC2=O)cc1. The Morgan fingerprint density at radius 3 is 2.45 bits per heavy atom. The number of nitrogens with zero attached hydrogens (tertiary/aromatic N) is 2. The Labute approximate surface area is 181 Å². The van der Waals surface area contributed by atoms with E-state index < -0.39 is 24.0 Å². The number of carbonyl (C=O) groups excluding carboxylic acids is 3. The molecule has 9 nitrogen and oxygen atoms in total. The summed E-state index contributed by atoms with van der Waals surface area (Å²) in [5.74, 6) is -2.09. The molecular formula is C22H29N3O6. The van der Waals surface area contributed by atoms with Gasteiger partial charge in [0, 0.05) is 25.2 Å². The first-order valence-corrected chi connectivity index (χ1v) is 10.5. The van der Waals surface area contributed by atoms with Crippen molar-refractivity contribution in [1.29, 1.82) is 0 Å². The smallest absolute Gasteiger partial charge is 0.326 e. The molecule has 3 rings (SSSR count). The molecule has 0 bridgehead atoms. The second kappa shape index (κ2) is 9.36. The van der Waals surface area contributed by atoms with Crippen molar-refractivity contribution in [3.8, 4) is 5.75 Å². The number of hydrogen-bond acceptors (Lipinski definition) is 5. The summed E-state index contributed by atoms with van der Waals surface area (Å²) in [6.07, 6.45) is 1.08. The maximum absolute atomic E-state index is 13.0. The molecule has 2 fully saturated rings. The Morgan fingerprint density at radius 1 is 1.19 bits per heavy atom. The highest BCUT2D eigenvalue weighted by atomic mass is 16.5. The molecule has 0 spiro atoms. The number of benzene rings is 1. The Kier molecular flexibility index (Phi) is 6.82. The summed E-state index contributed by atoms with van der Waals surface area (Å²) in [5, 5.41) is 12.2. The van der Waals surface area contributed by atoms with Gasteiger partial charge in [0.25, 0.3) is 0 Å². The Bertz CT molecular complexity index is 853. The topological polar surface area (TPSA) is 116 Å². The summed E-state index contributed by atoms with van der Waals surface area (Å²) >= 11 is 0. The number of amides is 3. The van der Waals surface area contributed by atoms with Gasteiger partial charge in [-0.3, -0.25) is 14.4 Å². The largest absolute Gasteiger partial charge is 0.497 e. The average Bonchev–Trinajstić information content (AvgIpc) is 3.38. The molecule has 3 atom stereocenters. The predicted molar refractivity (Wildman–Crippen MR) is 113 cm³/mol. The molecule has 2 aliphatic rings. The number of carbonyl (C=O) groups is 4. The number of anilines is 1. The van der Waals surface area contributed by atoms with E-state index in [1.807, 2.05) is 0 Å². The number of methoxy groups -OCH3 is 1. The molecule has 2 saturated heterocycles. The lowest BCUT2D eigenvalue weighted by Gasteiger charge is -2.30. The Morgan fingerprint density at radius 2 is 1.87 bits per heavy atom. The van der Waals surface area contributed by atoms with Crippen molar-refractivity contribution in [1.82, 2.24) is 10.2 Å². The van der Waals surface area contributed by atoms with E-state index in [9.17, 15) is 24.3 Å². The Hall–Kier alpha value is -3.10. The third kappa shape index (κ3) is 4.81. The molecule has 31 heavy (non-hydrogen) atoms. The van der Waals surface area contributed by atoms with Gasteiger partial charge in [-0.1, -0.05) is 13.8 Å². The molecule has 1 aromatic carbocycles. The monoisotopic (exact) mass is 431 g/mol. The summed E-state index contributed by atoms with van der Waals surface area (Å²) in [7, 11) is 1.56. The first kappa shape index (κ1) is 22.6. The van der Waals surface area contributed by atoms with Crippen LogP contribution in [0.5, 0.6) is 5.75 Å². The number of nitrogens with one attached hydrogen (secondary N) is 1. The average molecular weight is 431 g/mol. The number of likely N-dealkylation sites (tertiary alicyclic amines) is 1. The normalized spacial score (nSPS) is 22.0. The quantitative estimate of drug-likeness (QED) is 0.672. The second-order valence-corrected chi connectivity index (χ2v) is 8.36. The van der Waals surface area contributed by atoms with Gasteiger partial charge in [-0.05, 0) is 43.0 Å². The number of rotatable bonds is 7. The van der Waals surface area contributed by atoms with Crippen LogP contribution in [0.2, 0.25) is 0 Å². The number of aliphatic carboxylic acids is 1. The van der Waals surface area contributed by atoms with Crippen LogP contribution < -0.4 is 15.0 Å². The molecule has 168 valence electrons. The van der Waals surface area contributed by atoms with Crippen molar-refractivity contribution in [2.24, 2.45) is 11.8 Å². The van der Waals surface area contributed by atoms with Crippen LogP contribution in [0.15, 0.2) is 24.3 Å². The van der Waals surface area contributed by atoms with Crippen LogP contribution in [0.25, 0.3) is 0 Å². The van der Waals surface area contributed by atoms with Gasteiger partial charge in [-0.25, -0.2) is 4.79 Å². The molecule has 0 radical (unpaired) electrons. The summed E-state index contributed by atoms with van der Waals surface area (Å²) in [6.45, 7) is 4.19. The molecule has 0 aromatic heterocycles. The minimum absolute atomic E-state index is 0.0539. The van der Waals surface area contributed by atoms with Crippen molar-refractivity contribution in [3.05, 3.63) is 24.3 Å². The fraction of sp³-hybridized carbons (Fsp3) is 0.545. The molecular weight excluding hydrogens is 402 g/mol. The highest BCUT2D eigenvalue weighted by Crippen LogP contribution is 2.27. The predicted octanol–water partition coefficient (Wildman–Crippen LogP) is 1.26. The van der Waals surface area contributed by atoms with Gasteiger partial charge < -0.3 is 25.0 Å². The lowest BCUT2D eigenvalue weighted by Crippen LogP contribution is -2.54. The van der Waals surface area contributed by atoms with Crippen LogP contribution in [-0.2, 0) is 19.2 Å². The van der Waals surface area contributed by atoms with Crippen LogP contribution in [-0.4, -0.2) is 66.0 Å². The Balaban J connectivity index is 1.67. The van der Waals surface area contributed by atoms with Crippen LogP contribution in [0.4, 0.5) is 5.69 Å². The number of carboxylic acids is 1. The lowest BCUT2D eigenvalue weighted by molar-refractivity contribution is -0.150. The standard InChI is InChI=1S/C22H29N3O6/c1-13(2)19(21(28)24-10-4-5-17(24)22(29)30)23-20(27)14-11-18(26)25(12-14)15-6-8-16(31-3)9-7-15/h6-9,13-14,17,19H,4-5,10-12H2,1-3H3,(H,23,27)(H,29,30)/t14-,17+,19+/m1/s1. The summed E-state index contributed by atoms with van der Waals surface area (Å²) < 4.78 is 5.13. The van der Waals surface area contributed by atoms with Crippen molar-refractivity contribution >= 4 is 29.4 Å². The highest BCUT2D eigenvalue weighted by molar-refractivity contribution is 6.01. The van der Waals surface area contributed by atoms with Gasteiger partial charge >= 0.3 is 5.97 Å². The fourth-order valence-corrected chi connectivity index (χ4v) is 4.15. The minimum Gasteiger partial charge on any atom is -0.497 e. The van der Waals surface area contributed by atoms with E-state index in [1.165, 1.54) is 4.90 Å². The molecule has 3 amide bonds. The molecule has 0 saturated carbocycles. The van der Waals surface area contributed by atoms with Crippen LogP contribution in [0.1, 0.15) is 33.1 Å². The maximum atomic E-state index is 13.0. The van der Waals surface area contributed by atoms with E-state index in [0.717, 1.165) is 0 Å². The molecule has 2 N–H and O–H groups in total. The van der Waals surface area contributed by atoms with Crippen LogP contribution in [0, 0.1) is 11.8 Å². The van der Waals surface area contributed by atoms with E-state index in [1.54, 1.807) is 50.1 Å². The molecule has 0 aliphatic carbocycles. The first-order chi connectivity index (χ1) is 14.7. The summed E-state index contributed by atoms with van der Waals surface area (Å²) in [4.78, 5) is 52.8. The van der Waals surface area contributed by atoms with Crippen LogP contribution >= 0.6 is 0 Å². The number of hydrogen-bond donors (Lipinski definition) is 2. The number of ether oxygens (including phenoxy) is 1. The number of carboxylic acid groups (broad SMARTS) is 1. The van der Waals surface area contributed by atoms with Crippen molar-refractivity contribution in [2.75, 3.05) is 25.1 Å². The third-order valence-corrected chi connectivity index (χ3v) is 5.93. The van der Waals surface area contributed by atoms with E-state index >= 15 is 0 Å². The fourth-order valence-electron chi connectivity index (χ4n) is 4.15. The lowest BCUT2D eigenvalue weighted by atomic mass is 10.00. The van der Waals surface area contributed by atoms with Crippen LogP contribution in [0.3, 0.4) is 0 Å². The molecule has 2 aliphatic heterocycles. The van der Waals surface area contributed by atoms with Gasteiger partial charge in [-0.2, -0.15) is 0 Å². The summed E-state index contributed by atoms with van der Waals surface area (Å²) in [6, 6.07) is 5.33. The highest BCUT2D eigenvalue weighted by Gasteiger charge is 2.41. The van der Waals surface area contributed by atoms with Crippen molar-refractivity contribution < 1.29 is 29.0 Å². The molecule has 9 heteroatoms. The van der Waals surface area contributed by atoms with Gasteiger partial charge in [0.1, 0.15) is 17.8 Å². The van der Waals surface area contributed by atoms with Gasteiger partial charge in [0.05, 0.1) is 13.0 Å². The first-order valence-electron chi connectivity index (χ1n) is 10.5. The van der Waals surface area contributed by atoms with E-state index in [0.29, 0.717) is 30.8 Å². The minimum atomic E-state index is -1.03. The zero-order chi connectivity index (χ0) is 22.7. The maximum Gasteiger partial charge on any atom is 0.326 e. The summed E-state index contributed by atoms with van der Waals surface area (Å²) in [5.41, 5.74) is 0.680. The van der Waals surface area contributed by atoms with Gasteiger partial charge in [-0.15, -0.1) is 0 Å². The van der Waals surface area contributed by atoms with E-state index in [4.69, 9.17) is 4.74 Å². The van der Waals surface area contributed by atoms with Crippen molar-refractivity contribution in [2.45, 2.75) is 45.2 Å². The zero-order valence-electron chi connectivity index (χ0n) is 18.0. The van der Waals surface area contributed by atoms with E-state index in [2.05, 4.69) is 5.32 Å². The second-order valence-electron chi connectivity index (χ2n) is 8.36. The van der Waals surface area contributed by atoms with Crippen molar-refractivity contribution in [3.63, 3.8) is 0 Å². The van der Waals surface area contributed by atoms with E-state index in [-0.39, 0.29) is 36.6 Å². The molecule has 1 aromatic rings. The zero-order valence-corrected chi connectivity index (χ0v) is 18.0. The van der Waals surface area contributed by atoms with Gasteiger partial charge in [0.15, 0.2) is 0 Å². The molecule has 0 unspecified atom stereocenters.